The largest absolute Gasteiger partial charge is 0.504 e. The molecule has 8 nitrogen and oxygen atoms in total. The Morgan fingerprint density at radius 1 is 1.00 bits per heavy atom. The molecular weight excluding hydrogens is 510 g/mol. The molecule has 0 saturated heterocycles. The number of aromatic hydroxyl groups is 1. The second-order valence-electron chi connectivity index (χ2n) is 10.2. The first-order valence-corrected chi connectivity index (χ1v) is 12.8. The minimum Gasteiger partial charge on any atom is -0.504 e. The Balaban J connectivity index is 1.60. The topological polar surface area (TPSA) is 112 Å². The van der Waals surface area contributed by atoms with Crippen molar-refractivity contribution in [1.29, 1.82) is 0 Å². The van der Waals surface area contributed by atoms with Gasteiger partial charge in [0, 0.05) is 11.3 Å². The van der Waals surface area contributed by atoms with Gasteiger partial charge in [-0.1, -0.05) is 75.4 Å². The lowest BCUT2D eigenvalue weighted by Crippen LogP contribution is -2.25. The van der Waals surface area contributed by atoms with Crippen molar-refractivity contribution in [2.24, 2.45) is 5.10 Å². The van der Waals surface area contributed by atoms with E-state index in [1.165, 1.54) is 17.7 Å². The van der Waals surface area contributed by atoms with Gasteiger partial charge >= 0.3 is 5.97 Å². The predicted octanol–water partition coefficient (Wildman–Crippen LogP) is 6.01. The smallest absolute Gasteiger partial charge is 0.335 e. The number of carboxylic acid groups (broad SMARTS) is 1. The Hall–Kier alpha value is -4.50. The number of carbonyl (C=O) groups is 1. The van der Waals surface area contributed by atoms with Crippen LogP contribution in [0, 0.1) is 0 Å². The van der Waals surface area contributed by atoms with Crippen molar-refractivity contribution in [3.05, 3.63) is 101 Å². The summed E-state index contributed by atoms with van der Waals surface area (Å²) in [6.07, 6.45) is 0. The highest BCUT2D eigenvalue weighted by Crippen LogP contribution is 2.34. The summed E-state index contributed by atoms with van der Waals surface area (Å²) in [7, 11) is 0. The van der Waals surface area contributed by atoms with Crippen LogP contribution < -0.4 is 10.7 Å². The number of aromatic carboxylic acids is 1. The summed E-state index contributed by atoms with van der Waals surface area (Å²) in [6, 6.07) is 24.3. The Kier molecular flexibility index (Phi) is 8.11. The lowest BCUT2D eigenvalue weighted by atomic mass is 9.86. The molecule has 1 heterocycles. The van der Waals surface area contributed by atoms with Crippen molar-refractivity contribution in [3.8, 4) is 17.0 Å². The number of hydrogen-bond acceptors (Lipinski definition) is 5. The number of nitrogens with one attached hydrogen (secondary N) is 2. The van der Waals surface area contributed by atoms with Crippen molar-refractivity contribution < 1.29 is 15.0 Å². The fraction of sp³-hybridized carbons (Fsp3) is 0.200. The van der Waals surface area contributed by atoms with E-state index in [1.54, 1.807) is 23.7 Å². The summed E-state index contributed by atoms with van der Waals surface area (Å²) in [4.78, 5) is 11.0. The first-order chi connectivity index (χ1) is 18.5. The van der Waals surface area contributed by atoms with Crippen LogP contribution in [0.25, 0.3) is 11.3 Å². The molecule has 0 atom stereocenters. The van der Waals surface area contributed by atoms with Crippen molar-refractivity contribution in [2.75, 3.05) is 5.32 Å². The maximum atomic E-state index is 11.3. The van der Waals surface area contributed by atoms with Crippen LogP contribution in [0.4, 0.5) is 5.69 Å². The summed E-state index contributed by atoms with van der Waals surface area (Å²) < 4.78 is 1.78. The zero-order valence-corrected chi connectivity index (χ0v) is 23.1. The summed E-state index contributed by atoms with van der Waals surface area (Å²) in [5.41, 5.74) is 8.03. The van der Waals surface area contributed by atoms with Gasteiger partial charge in [0.25, 0.3) is 0 Å². The Labute approximate surface area is 233 Å². The number of hydrazone groups is 1. The van der Waals surface area contributed by atoms with E-state index in [2.05, 4.69) is 48.7 Å². The first-order valence-electron chi connectivity index (χ1n) is 12.4. The Morgan fingerprint density at radius 2 is 1.64 bits per heavy atom. The van der Waals surface area contributed by atoms with Crippen LogP contribution in [0.1, 0.15) is 54.9 Å². The first kappa shape index (κ1) is 27.5. The molecule has 0 aliphatic heterocycles. The number of benzene rings is 3. The van der Waals surface area contributed by atoms with Gasteiger partial charge in [0.2, 0.25) is 0 Å². The van der Waals surface area contributed by atoms with E-state index in [0.717, 1.165) is 11.1 Å². The Morgan fingerprint density at radius 3 is 2.23 bits per heavy atom. The van der Waals surface area contributed by atoms with E-state index >= 15 is 0 Å². The zero-order valence-electron chi connectivity index (χ0n) is 22.3. The van der Waals surface area contributed by atoms with Crippen molar-refractivity contribution in [3.63, 3.8) is 0 Å². The fourth-order valence-electron chi connectivity index (χ4n) is 4.02. The molecule has 0 aliphatic carbocycles. The van der Waals surface area contributed by atoms with Crippen LogP contribution in [0.5, 0.6) is 5.75 Å². The molecule has 0 aliphatic rings. The molecule has 3 aromatic carbocycles. The maximum Gasteiger partial charge on any atom is 0.335 e. The standard InChI is InChI=1S/C30H31N5O3S/c1-19(32-33-29(39)31-24-16-12-22(13-17-24)28(37)38)25-27(36)26(21-10-14-23(15-11-21)30(2,3)4)35(34-25)18-20-8-6-5-7-9-20/h5-17,36H,18H2,1-4H3,(H,37,38)(H2,31,33,39). The van der Waals surface area contributed by atoms with Gasteiger partial charge in [-0.25, -0.2) is 4.79 Å². The zero-order chi connectivity index (χ0) is 28.2. The van der Waals surface area contributed by atoms with Crippen LogP contribution >= 0.6 is 12.2 Å². The number of carboxylic acids is 1. The van der Waals surface area contributed by atoms with Crippen molar-refractivity contribution in [2.45, 2.75) is 39.7 Å². The monoisotopic (exact) mass is 541 g/mol. The van der Waals surface area contributed by atoms with E-state index < -0.39 is 5.97 Å². The molecule has 0 saturated carbocycles. The van der Waals surface area contributed by atoms with Gasteiger partial charge in [-0.3, -0.25) is 10.1 Å². The van der Waals surface area contributed by atoms with Crippen LogP contribution in [0.3, 0.4) is 0 Å². The van der Waals surface area contributed by atoms with E-state index in [9.17, 15) is 9.90 Å². The van der Waals surface area contributed by atoms with Crippen LogP contribution in [-0.2, 0) is 12.0 Å². The molecule has 0 amide bonds. The van der Waals surface area contributed by atoms with Gasteiger partial charge in [-0.2, -0.15) is 10.2 Å². The third-order valence-corrected chi connectivity index (χ3v) is 6.38. The molecule has 4 aromatic rings. The Bertz CT molecular complexity index is 1500. The quantitative estimate of drug-likeness (QED) is 0.129. The minimum absolute atomic E-state index is 0.00961. The molecule has 4 N–H and O–H groups in total. The third-order valence-electron chi connectivity index (χ3n) is 6.18. The van der Waals surface area contributed by atoms with Gasteiger partial charge in [0.05, 0.1) is 17.8 Å². The lowest BCUT2D eigenvalue weighted by molar-refractivity contribution is 0.0697. The van der Waals surface area contributed by atoms with E-state index in [4.69, 9.17) is 22.4 Å². The molecule has 9 heteroatoms. The third kappa shape index (κ3) is 6.69. The average molecular weight is 542 g/mol. The average Bonchev–Trinajstić information content (AvgIpc) is 3.23. The number of nitrogens with zero attached hydrogens (tertiary/aromatic N) is 3. The normalized spacial score (nSPS) is 11.7. The SMILES string of the molecule is CC(=NNC(=S)Nc1ccc(C(=O)O)cc1)c1nn(Cc2ccccc2)c(-c2ccc(C(C)(C)C)cc2)c1O. The number of rotatable bonds is 7. The number of hydrogen-bond donors (Lipinski definition) is 4. The van der Waals surface area contributed by atoms with E-state index in [1.807, 2.05) is 42.5 Å². The second kappa shape index (κ2) is 11.5. The van der Waals surface area contributed by atoms with Crippen molar-refractivity contribution >= 4 is 34.7 Å². The predicted molar refractivity (Wildman–Crippen MR) is 159 cm³/mol. The van der Waals surface area contributed by atoms with Gasteiger partial charge in [-0.15, -0.1) is 0 Å². The van der Waals surface area contributed by atoms with Crippen LogP contribution in [0.15, 0.2) is 84.0 Å². The number of aromatic nitrogens is 2. The van der Waals surface area contributed by atoms with Gasteiger partial charge in [0.1, 0.15) is 5.69 Å². The van der Waals surface area contributed by atoms with Crippen molar-refractivity contribution in [1.82, 2.24) is 15.2 Å². The van der Waals surface area contributed by atoms with Crippen LogP contribution in [0.2, 0.25) is 0 Å². The molecule has 0 unspecified atom stereocenters. The molecule has 4 rings (SSSR count). The van der Waals surface area contributed by atoms with E-state index in [0.29, 0.717) is 29.3 Å². The van der Waals surface area contributed by atoms with Gasteiger partial charge in [0.15, 0.2) is 16.6 Å². The number of anilines is 1. The van der Waals surface area contributed by atoms with Crippen LogP contribution in [-0.4, -0.2) is 36.8 Å². The summed E-state index contributed by atoms with van der Waals surface area (Å²) in [5.74, 6) is -0.973. The highest BCUT2D eigenvalue weighted by molar-refractivity contribution is 7.80. The second-order valence-corrected chi connectivity index (χ2v) is 10.6. The minimum atomic E-state index is -1.00. The molecule has 0 spiro atoms. The lowest BCUT2D eigenvalue weighted by Gasteiger charge is -2.19. The molecule has 0 radical (unpaired) electrons. The maximum absolute atomic E-state index is 11.3. The van der Waals surface area contributed by atoms with Gasteiger partial charge < -0.3 is 15.5 Å². The molecule has 200 valence electrons. The summed E-state index contributed by atoms with van der Waals surface area (Å²) in [6.45, 7) is 8.69. The van der Waals surface area contributed by atoms with E-state index in [-0.39, 0.29) is 21.8 Å². The fourth-order valence-corrected chi connectivity index (χ4v) is 4.19. The molecular formula is C30H31N5O3S. The number of thiocarbonyl (C=S) groups is 1. The molecule has 39 heavy (non-hydrogen) atoms. The molecule has 0 bridgehead atoms. The highest BCUT2D eigenvalue weighted by Gasteiger charge is 2.22. The highest BCUT2D eigenvalue weighted by atomic mass is 32.1. The van der Waals surface area contributed by atoms with Gasteiger partial charge in [-0.05, 0) is 59.9 Å². The summed E-state index contributed by atoms with van der Waals surface area (Å²) in [5, 5.41) is 32.6. The molecule has 1 aromatic heterocycles. The molecule has 0 fully saturated rings. The summed E-state index contributed by atoms with van der Waals surface area (Å²) >= 11 is 5.32.